The van der Waals surface area contributed by atoms with E-state index in [0.29, 0.717) is 12.2 Å². The first-order valence-corrected chi connectivity index (χ1v) is 7.54. The van der Waals surface area contributed by atoms with Crippen LogP contribution >= 0.6 is 0 Å². The molecule has 21 heavy (non-hydrogen) atoms. The van der Waals surface area contributed by atoms with E-state index in [9.17, 15) is 4.79 Å². The maximum Gasteiger partial charge on any atom is 0.254 e. The Morgan fingerprint density at radius 2 is 2.10 bits per heavy atom. The van der Waals surface area contributed by atoms with Gasteiger partial charge in [-0.3, -0.25) is 4.79 Å². The molecule has 1 aromatic carbocycles. The van der Waals surface area contributed by atoms with E-state index in [1.807, 2.05) is 43.3 Å². The van der Waals surface area contributed by atoms with Gasteiger partial charge >= 0.3 is 0 Å². The Bertz CT molecular complexity index is 457. The Kier molecular flexibility index (Phi) is 6.02. The lowest BCUT2D eigenvalue weighted by molar-refractivity contribution is 0.0735. The molecule has 0 aliphatic carbocycles. The number of benzene rings is 1. The molecule has 5 heteroatoms. The quantitative estimate of drug-likeness (QED) is 0.796. The molecule has 1 aliphatic rings. The first-order chi connectivity index (χ1) is 10.2. The minimum absolute atomic E-state index is 0.0928. The molecule has 0 unspecified atom stereocenters. The third kappa shape index (κ3) is 5.02. The molecule has 1 aliphatic heterocycles. The van der Waals surface area contributed by atoms with Crippen LogP contribution in [0.5, 0.6) is 5.75 Å². The Morgan fingerprint density at radius 3 is 2.81 bits per heavy atom. The van der Waals surface area contributed by atoms with Crippen molar-refractivity contribution < 1.29 is 9.53 Å². The second-order valence-corrected chi connectivity index (χ2v) is 5.58. The molecular weight excluding hydrogens is 266 g/mol. The van der Waals surface area contributed by atoms with Crippen molar-refractivity contribution in [3.8, 4) is 5.75 Å². The number of nitrogens with one attached hydrogen (secondary N) is 1. The first-order valence-electron chi connectivity index (χ1n) is 7.54. The van der Waals surface area contributed by atoms with Crippen LogP contribution in [0.2, 0.25) is 0 Å². The predicted octanol–water partition coefficient (Wildman–Crippen LogP) is 1.06. The lowest BCUT2D eigenvalue weighted by Gasteiger charge is -2.27. The SMILES string of the molecule is CN(C)CCCOc1cccc(C(=O)N2CCNCC2)c1. The molecule has 0 aromatic heterocycles. The number of hydrogen-bond donors (Lipinski definition) is 1. The maximum absolute atomic E-state index is 12.4. The standard InChI is InChI=1S/C16H25N3O2/c1-18(2)9-4-12-21-15-6-3-5-14(13-15)16(20)19-10-7-17-8-11-19/h3,5-6,13,17H,4,7-12H2,1-2H3. The van der Waals surface area contributed by atoms with Gasteiger partial charge in [-0.1, -0.05) is 6.07 Å². The van der Waals surface area contributed by atoms with Crippen LogP contribution in [0, 0.1) is 0 Å². The third-order valence-electron chi connectivity index (χ3n) is 3.50. The van der Waals surface area contributed by atoms with Crippen molar-refractivity contribution >= 4 is 5.91 Å². The lowest BCUT2D eigenvalue weighted by atomic mass is 10.1. The average Bonchev–Trinajstić information content (AvgIpc) is 2.52. The Hall–Kier alpha value is -1.59. The van der Waals surface area contributed by atoms with Crippen molar-refractivity contribution in [1.82, 2.24) is 15.1 Å². The van der Waals surface area contributed by atoms with Crippen molar-refractivity contribution in [1.29, 1.82) is 0 Å². The van der Waals surface area contributed by atoms with E-state index < -0.39 is 0 Å². The zero-order chi connectivity index (χ0) is 15.1. The van der Waals surface area contributed by atoms with Gasteiger partial charge in [0.1, 0.15) is 5.75 Å². The summed E-state index contributed by atoms with van der Waals surface area (Å²) in [5, 5.41) is 3.25. The highest BCUT2D eigenvalue weighted by molar-refractivity contribution is 5.94. The van der Waals surface area contributed by atoms with Gasteiger partial charge in [0.25, 0.3) is 5.91 Å². The molecular formula is C16H25N3O2. The van der Waals surface area contributed by atoms with E-state index in [1.54, 1.807) is 0 Å². The summed E-state index contributed by atoms with van der Waals surface area (Å²) in [4.78, 5) is 16.4. The van der Waals surface area contributed by atoms with Crippen LogP contribution in [-0.4, -0.2) is 69.1 Å². The lowest BCUT2D eigenvalue weighted by Crippen LogP contribution is -2.46. The maximum atomic E-state index is 12.4. The number of piperazine rings is 1. The highest BCUT2D eigenvalue weighted by Gasteiger charge is 2.18. The van der Waals surface area contributed by atoms with Gasteiger partial charge in [0.15, 0.2) is 0 Å². The fourth-order valence-electron chi connectivity index (χ4n) is 2.34. The largest absolute Gasteiger partial charge is 0.494 e. The molecule has 1 aromatic rings. The number of carbonyl (C=O) groups is 1. The number of rotatable bonds is 6. The minimum Gasteiger partial charge on any atom is -0.494 e. The van der Waals surface area contributed by atoms with Crippen LogP contribution in [0.25, 0.3) is 0 Å². The fraction of sp³-hybridized carbons (Fsp3) is 0.562. The average molecular weight is 291 g/mol. The Balaban J connectivity index is 1.89. The fourth-order valence-corrected chi connectivity index (χ4v) is 2.34. The zero-order valence-corrected chi connectivity index (χ0v) is 13.0. The van der Waals surface area contributed by atoms with Crippen LogP contribution in [0.3, 0.4) is 0 Å². The van der Waals surface area contributed by atoms with Crippen LogP contribution in [-0.2, 0) is 0 Å². The molecule has 0 bridgehead atoms. The minimum atomic E-state index is 0.0928. The van der Waals surface area contributed by atoms with Crippen molar-refractivity contribution in [3.63, 3.8) is 0 Å². The van der Waals surface area contributed by atoms with Gasteiger partial charge in [-0.2, -0.15) is 0 Å². The number of amides is 1. The molecule has 1 saturated heterocycles. The molecule has 1 N–H and O–H groups in total. The van der Waals surface area contributed by atoms with Gasteiger partial charge in [0.05, 0.1) is 6.61 Å². The van der Waals surface area contributed by atoms with Crippen molar-refractivity contribution in [3.05, 3.63) is 29.8 Å². The normalized spacial score (nSPS) is 15.3. The van der Waals surface area contributed by atoms with Gasteiger partial charge in [-0.15, -0.1) is 0 Å². The highest BCUT2D eigenvalue weighted by Crippen LogP contribution is 2.15. The molecule has 0 spiro atoms. The van der Waals surface area contributed by atoms with E-state index in [1.165, 1.54) is 0 Å². The summed E-state index contributed by atoms with van der Waals surface area (Å²) in [6.07, 6.45) is 0.975. The molecule has 0 radical (unpaired) electrons. The Labute approximate surface area is 126 Å². The van der Waals surface area contributed by atoms with Gasteiger partial charge in [0, 0.05) is 38.3 Å². The zero-order valence-electron chi connectivity index (χ0n) is 13.0. The first kappa shape index (κ1) is 15.8. The van der Waals surface area contributed by atoms with Crippen molar-refractivity contribution in [2.45, 2.75) is 6.42 Å². The smallest absolute Gasteiger partial charge is 0.254 e. The molecule has 0 saturated carbocycles. The second-order valence-electron chi connectivity index (χ2n) is 5.58. The van der Waals surface area contributed by atoms with Gasteiger partial charge in [0.2, 0.25) is 0 Å². The number of ether oxygens (including phenoxy) is 1. The van der Waals surface area contributed by atoms with Gasteiger partial charge in [-0.05, 0) is 38.7 Å². The molecule has 0 atom stereocenters. The predicted molar refractivity (Wildman–Crippen MR) is 83.9 cm³/mol. The summed E-state index contributed by atoms with van der Waals surface area (Å²) in [5.41, 5.74) is 0.710. The summed E-state index contributed by atoms with van der Waals surface area (Å²) in [5.74, 6) is 0.866. The topological polar surface area (TPSA) is 44.8 Å². The van der Waals surface area contributed by atoms with E-state index in [-0.39, 0.29) is 5.91 Å². The van der Waals surface area contributed by atoms with E-state index in [2.05, 4.69) is 10.2 Å². The molecule has 1 fully saturated rings. The van der Waals surface area contributed by atoms with E-state index in [0.717, 1.165) is 44.9 Å². The Morgan fingerprint density at radius 1 is 1.33 bits per heavy atom. The van der Waals surface area contributed by atoms with Crippen LogP contribution in [0.1, 0.15) is 16.8 Å². The number of nitrogens with zero attached hydrogens (tertiary/aromatic N) is 2. The molecule has 1 amide bonds. The number of carbonyl (C=O) groups excluding carboxylic acids is 1. The highest BCUT2D eigenvalue weighted by atomic mass is 16.5. The van der Waals surface area contributed by atoms with Crippen LogP contribution in [0.4, 0.5) is 0 Å². The molecule has 116 valence electrons. The summed E-state index contributed by atoms with van der Waals surface area (Å²) in [7, 11) is 4.10. The monoisotopic (exact) mass is 291 g/mol. The number of hydrogen-bond acceptors (Lipinski definition) is 4. The van der Waals surface area contributed by atoms with Crippen molar-refractivity contribution in [2.75, 3.05) is 53.4 Å². The van der Waals surface area contributed by atoms with E-state index >= 15 is 0 Å². The summed E-state index contributed by atoms with van der Waals surface area (Å²) < 4.78 is 5.72. The molecule has 1 heterocycles. The van der Waals surface area contributed by atoms with Crippen LogP contribution in [0.15, 0.2) is 24.3 Å². The summed E-state index contributed by atoms with van der Waals surface area (Å²) in [6.45, 7) is 4.95. The second kappa shape index (κ2) is 8.00. The summed E-state index contributed by atoms with van der Waals surface area (Å²) >= 11 is 0. The van der Waals surface area contributed by atoms with Crippen LogP contribution < -0.4 is 10.1 Å². The van der Waals surface area contributed by atoms with E-state index in [4.69, 9.17) is 4.74 Å². The molecule has 5 nitrogen and oxygen atoms in total. The van der Waals surface area contributed by atoms with Gasteiger partial charge in [-0.25, -0.2) is 0 Å². The third-order valence-corrected chi connectivity index (χ3v) is 3.50. The van der Waals surface area contributed by atoms with Gasteiger partial charge < -0.3 is 19.9 Å². The molecule has 2 rings (SSSR count). The summed E-state index contributed by atoms with van der Waals surface area (Å²) in [6, 6.07) is 7.50. The van der Waals surface area contributed by atoms with Crippen molar-refractivity contribution in [2.24, 2.45) is 0 Å².